The highest BCUT2D eigenvalue weighted by atomic mass is 16.1. The van der Waals surface area contributed by atoms with Crippen LogP contribution in [0.2, 0.25) is 0 Å². The van der Waals surface area contributed by atoms with Crippen molar-refractivity contribution in [3.05, 3.63) is 108 Å². The Balaban J connectivity index is 1.26. The lowest BCUT2D eigenvalue weighted by Gasteiger charge is -2.32. The van der Waals surface area contributed by atoms with Crippen LogP contribution in [0.1, 0.15) is 41.9 Å². The first kappa shape index (κ1) is 21.3. The van der Waals surface area contributed by atoms with E-state index in [0.717, 1.165) is 39.0 Å². The molecule has 0 aromatic heterocycles. The van der Waals surface area contributed by atoms with Crippen LogP contribution >= 0.6 is 0 Å². The molecule has 0 saturated carbocycles. The van der Waals surface area contributed by atoms with E-state index in [1.54, 1.807) is 0 Å². The van der Waals surface area contributed by atoms with E-state index < -0.39 is 0 Å². The number of hydrogen-bond donors (Lipinski definition) is 1. The van der Waals surface area contributed by atoms with Crippen molar-refractivity contribution in [1.82, 2.24) is 10.2 Å². The maximum absolute atomic E-state index is 12.8. The smallest absolute Gasteiger partial charge is 0.220 e. The lowest BCUT2D eigenvalue weighted by atomic mass is 9.88. The van der Waals surface area contributed by atoms with Gasteiger partial charge in [0.1, 0.15) is 0 Å². The van der Waals surface area contributed by atoms with Crippen LogP contribution in [0.3, 0.4) is 0 Å². The number of benzene rings is 3. The molecule has 1 N–H and O–H groups in total. The summed E-state index contributed by atoms with van der Waals surface area (Å²) in [4.78, 5) is 15.3. The lowest BCUT2D eigenvalue weighted by Crippen LogP contribution is -2.38. The fourth-order valence-corrected chi connectivity index (χ4v) is 4.50. The normalized spacial score (nSPS) is 15.1. The summed E-state index contributed by atoms with van der Waals surface area (Å²) in [7, 11) is 0. The zero-order chi connectivity index (χ0) is 21.3. The van der Waals surface area contributed by atoms with E-state index in [-0.39, 0.29) is 11.8 Å². The van der Waals surface area contributed by atoms with Gasteiger partial charge in [0.05, 0.1) is 0 Å². The van der Waals surface area contributed by atoms with Gasteiger partial charge in [-0.25, -0.2) is 0 Å². The quantitative estimate of drug-likeness (QED) is 0.549. The Morgan fingerprint density at radius 1 is 0.806 bits per heavy atom. The van der Waals surface area contributed by atoms with Gasteiger partial charge in [0, 0.05) is 25.4 Å². The Labute approximate surface area is 186 Å². The van der Waals surface area contributed by atoms with Crippen LogP contribution in [-0.2, 0) is 11.3 Å². The van der Waals surface area contributed by atoms with Gasteiger partial charge < -0.3 is 5.32 Å². The van der Waals surface area contributed by atoms with Crippen molar-refractivity contribution < 1.29 is 4.79 Å². The SMILES string of the molecule is O=C(CC(c1ccccc1)c1ccccc1)NCC1CCN(Cc2ccccc2)CC1. The number of carbonyl (C=O) groups is 1. The Morgan fingerprint density at radius 2 is 1.32 bits per heavy atom. The first-order valence-corrected chi connectivity index (χ1v) is 11.4. The van der Waals surface area contributed by atoms with Crippen LogP contribution in [0.5, 0.6) is 0 Å². The molecule has 0 aliphatic carbocycles. The minimum Gasteiger partial charge on any atom is -0.356 e. The largest absolute Gasteiger partial charge is 0.356 e. The van der Waals surface area contributed by atoms with Gasteiger partial charge in [-0.3, -0.25) is 9.69 Å². The third-order valence-corrected chi connectivity index (χ3v) is 6.34. The predicted molar refractivity (Wildman–Crippen MR) is 127 cm³/mol. The second-order valence-electron chi connectivity index (χ2n) is 8.59. The Morgan fingerprint density at radius 3 is 1.87 bits per heavy atom. The van der Waals surface area contributed by atoms with Gasteiger partial charge in [0.15, 0.2) is 0 Å². The number of amides is 1. The second-order valence-corrected chi connectivity index (χ2v) is 8.59. The molecular weight excluding hydrogens is 380 g/mol. The van der Waals surface area contributed by atoms with Gasteiger partial charge in [0.25, 0.3) is 0 Å². The van der Waals surface area contributed by atoms with Crippen molar-refractivity contribution in [2.45, 2.75) is 31.7 Å². The van der Waals surface area contributed by atoms with Crippen molar-refractivity contribution in [1.29, 1.82) is 0 Å². The second kappa shape index (κ2) is 10.9. The maximum atomic E-state index is 12.8. The minimum atomic E-state index is 0.0927. The van der Waals surface area contributed by atoms with Gasteiger partial charge in [0.2, 0.25) is 5.91 Å². The summed E-state index contributed by atoms with van der Waals surface area (Å²) in [5, 5.41) is 3.23. The number of piperidine rings is 1. The van der Waals surface area contributed by atoms with Crippen molar-refractivity contribution in [2.24, 2.45) is 5.92 Å². The number of nitrogens with zero attached hydrogens (tertiary/aromatic N) is 1. The van der Waals surface area contributed by atoms with Crippen LogP contribution in [0.15, 0.2) is 91.0 Å². The standard InChI is InChI=1S/C28H32N2O/c31-28(20-27(25-12-6-2-7-13-25)26-14-8-3-9-15-26)29-21-23-16-18-30(19-17-23)22-24-10-4-1-5-11-24/h1-15,23,27H,16-22H2,(H,29,31). The Hall–Kier alpha value is -2.91. The Kier molecular flexibility index (Phi) is 7.51. The molecule has 1 fully saturated rings. The molecule has 0 bridgehead atoms. The van der Waals surface area contributed by atoms with Gasteiger partial charge in [-0.15, -0.1) is 0 Å². The summed E-state index contributed by atoms with van der Waals surface area (Å²) in [5.41, 5.74) is 3.76. The van der Waals surface area contributed by atoms with E-state index in [0.29, 0.717) is 12.3 Å². The summed E-state index contributed by atoms with van der Waals surface area (Å²) < 4.78 is 0. The Bertz CT molecular complexity index is 880. The van der Waals surface area contributed by atoms with E-state index in [9.17, 15) is 4.79 Å². The first-order chi connectivity index (χ1) is 15.3. The molecule has 1 saturated heterocycles. The highest BCUT2D eigenvalue weighted by Crippen LogP contribution is 2.28. The zero-order valence-electron chi connectivity index (χ0n) is 18.1. The summed E-state index contributed by atoms with van der Waals surface area (Å²) in [6.07, 6.45) is 2.78. The number of carbonyl (C=O) groups excluding carboxylic acids is 1. The van der Waals surface area contributed by atoms with Gasteiger partial charge >= 0.3 is 0 Å². The van der Waals surface area contributed by atoms with Crippen LogP contribution < -0.4 is 5.32 Å². The molecule has 3 aromatic rings. The molecule has 0 radical (unpaired) electrons. The summed E-state index contributed by atoms with van der Waals surface area (Å²) in [6.45, 7) is 4.02. The first-order valence-electron chi connectivity index (χ1n) is 11.4. The van der Waals surface area contributed by atoms with Crippen LogP contribution in [0, 0.1) is 5.92 Å². The van der Waals surface area contributed by atoms with Crippen LogP contribution in [0.25, 0.3) is 0 Å². The average molecular weight is 413 g/mol. The molecule has 3 aromatic carbocycles. The highest BCUT2D eigenvalue weighted by molar-refractivity contribution is 5.77. The van der Waals surface area contributed by atoms with Crippen LogP contribution in [-0.4, -0.2) is 30.4 Å². The van der Waals surface area contributed by atoms with E-state index in [4.69, 9.17) is 0 Å². The van der Waals surface area contributed by atoms with Gasteiger partial charge in [-0.2, -0.15) is 0 Å². The van der Waals surface area contributed by atoms with Crippen molar-refractivity contribution in [3.63, 3.8) is 0 Å². The molecule has 4 rings (SSSR count). The maximum Gasteiger partial charge on any atom is 0.220 e. The van der Waals surface area contributed by atoms with Gasteiger partial charge in [-0.05, 0) is 48.5 Å². The molecule has 3 nitrogen and oxygen atoms in total. The third kappa shape index (κ3) is 6.28. The topological polar surface area (TPSA) is 32.3 Å². The molecule has 0 spiro atoms. The number of rotatable bonds is 8. The summed E-state index contributed by atoms with van der Waals surface area (Å²) in [5.74, 6) is 0.808. The summed E-state index contributed by atoms with van der Waals surface area (Å²) >= 11 is 0. The molecule has 31 heavy (non-hydrogen) atoms. The summed E-state index contributed by atoms with van der Waals surface area (Å²) in [6, 6.07) is 31.4. The molecule has 160 valence electrons. The van der Waals surface area contributed by atoms with E-state index >= 15 is 0 Å². The third-order valence-electron chi connectivity index (χ3n) is 6.34. The highest BCUT2D eigenvalue weighted by Gasteiger charge is 2.22. The molecule has 0 atom stereocenters. The number of nitrogens with one attached hydrogen (secondary N) is 1. The molecule has 0 unspecified atom stereocenters. The molecular formula is C28H32N2O. The predicted octanol–water partition coefficient (Wildman–Crippen LogP) is 5.24. The molecule has 1 amide bonds. The fourth-order valence-electron chi connectivity index (χ4n) is 4.50. The zero-order valence-corrected chi connectivity index (χ0v) is 18.1. The van der Waals surface area contributed by atoms with E-state index in [1.165, 1.54) is 16.7 Å². The monoisotopic (exact) mass is 412 g/mol. The van der Waals surface area contributed by atoms with Crippen molar-refractivity contribution in [3.8, 4) is 0 Å². The lowest BCUT2D eigenvalue weighted by molar-refractivity contribution is -0.121. The van der Waals surface area contributed by atoms with Crippen molar-refractivity contribution in [2.75, 3.05) is 19.6 Å². The molecule has 3 heteroatoms. The number of likely N-dealkylation sites (tertiary alicyclic amines) is 1. The number of hydrogen-bond acceptors (Lipinski definition) is 2. The minimum absolute atomic E-state index is 0.0927. The molecule has 1 aliphatic rings. The van der Waals surface area contributed by atoms with Crippen molar-refractivity contribution >= 4 is 5.91 Å². The fraction of sp³-hybridized carbons (Fsp3) is 0.321. The van der Waals surface area contributed by atoms with E-state index in [1.807, 2.05) is 36.4 Å². The van der Waals surface area contributed by atoms with Gasteiger partial charge in [-0.1, -0.05) is 91.0 Å². The molecule has 1 heterocycles. The van der Waals surface area contributed by atoms with Crippen LogP contribution in [0.4, 0.5) is 0 Å². The van der Waals surface area contributed by atoms with E-state index in [2.05, 4.69) is 64.8 Å². The molecule has 1 aliphatic heterocycles. The average Bonchev–Trinajstić information content (AvgIpc) is 2.84.